The van der Waals surface area contributed by atoms with Crippen molar-refractivity contribution in [1.82, 2.24) is 9.55 Å². The van der Waals surface area contributed by atoms with Gasteiger partial charge in [0.25, 0.3) is 0 Å². The molecule has 4 nitrogen and oxygen atoms in total. The smallest absolute Gasteiger partial charge is 0.313 e. The number of hydrogen-bond acceptors (Lipinski definition) is 4. The van der Waals surface area contributed by atoms with Crippen molar-refractivity contribution in [3.8, 4) is 0 Å². The van der Waals surface area contributed by atoms with Crippen LogP contribution in [0.1, 0.15) is 36.9 Å². The average Bonchev–Trinajstić information content (AvgIpc) is 2.94. The van der Waals surface area contributed by atoms with Gasteiger partial charge in [0.2, 0.25) is 0 Å². The van der Waals surface area contributed by atoms with Crippen LogP contribution in [0, 0.1) is 6.92 Å². The highest BCUT2D eigenvalue weighted by molar-refractivity contribution is 7.99. The summed E-state index contributed by atoms with van der Waals surface area (Å²) in [7, 11) is 0. The fourth-order valence-corrected chi connectivity index (χ4v) is 3.65. The van der Waals surface area contributed by atoms with Gasteiger partial charge in [0, 0.05) is 22.2 Å². The second kappa shape index (κ2) is 6.23. The predicted octanol–water partition coefficient (Wildman–Crippen LogP) is 3.78. The maximum Gasteiger partial charge on any atom is 0.313 e. The van der Waals surface area contributed by atoms with Crippen molar-refractivity contribution in [3.05, 3.63) is 33.8 Å². The molecule has 0 amide bonds. The Morgan fingerprint density at radius 3 is 2.71 bits per heavy atom. The monoisotopic (exact) mass is 324 g/mol. The number of thioether (sulfide) groups is 1. The molecule has 0 radical (unpaired) electrons. The highest BCUT2D eigenvalue weighted by atomic mass is 32.2. The first-order chi connectivity index (χ1) is 9.79. The lowest BCUT2D eigenvalue weighted by atomic mass is 9.92. The van der Waals surface area contributed by atoms with Crippen LogP contribution in [-0.4, -0.2) is 26.4 Å². The molecule has 0 aliphatic heterocycles. The van der Waals surface area contributed by atoms with Gasteiger partial charge in [0.15, 0.2) is 5.16 Å². The minimum absolute atomic E-state index is 0.0276. The number of hydrogen-bond donors (Lipinski definition) is 1. The largest absolute Gasteiger partial charge is 0.481 e. The molecule has 0 aliphatic rings. The molecule has 2 aromatic rings. The van der Waals surface area contributed by atoms with Crippen molar-refractivity contribution in [2.75, 3.05) is 5.75 Å². The third-order valence-corrected chi connectivity index (χ3v) is 5.17. The molecule has 114 valence electrons. The number of carbonyl (C=O) groups is 1. The molecule has 0 bridgehead atoms. The molecule has 2 heterocycles. The van der Waals surface area contributed by atoms with Crippen molar-refractivity contribution in [2.24, 2.45) is 0 Å². The molecule has 2 aromatic heterocycles. The van der Waals surface area contributed by atoms with E-state index in [0.29, 0.717) is 0 Å². The summed E-state index contributed by atoms with van der Waals surface area (Å²) < 4.78 is 2.15. The van der Waals surface area contributed by atoms with Crippen LogP contribution in [0.5, 0.6) is 0 Å². The average molecular weight is 324 g/mol. The first kappa shape index (κ1) is 16.1. The standard InChI is InChI=1S/C15H20N2O2S2/c1-10-5-6-20-11(10)8-17-12(15(2,3)4)7-16-14(17)21-9-13(18)19/h5-7H,8-9H2,1-4H3,(H,18,19). The molecule has 0 aliphatic carbocycles. The Hall–Kier alpha value is -1.27. The van der Waals surface area contributed by atoms with Crippen LogP contribution in [-0.2, 0) is 16.8 Å². The Morgan fingerprint density at radius 1 is 1.48 bits per heavy atom. The second-order valence-electron chi connectivity index (χ2n) is 5.97. The van der Waals surface area contributed by atoms with Gasteiger partial charge in [-0.1, -0.05) is 32.5 Å². The van der Waals surface area contributed by atoms with Crippen LogP contribution in [0.4, 0.5) is 0 Å². The van der Waals surface area contributed by atoms with Crippen LogP contribution in [0.3, 0.4) is 0 Å². The van der Waals surface area contributed by atoms with Gasteiger partial charge in [-0.15, -0.1) is 11.3 Å². The summed E-state index contributed by atoms with van der Waals surface area (Å²) in [5.74, 6) is -0.788. The molecular formula is C15H20N2O2S2. The normalized spacial score (nSPS) is 11.8. The van der Waals surface area contributed by atoms with E-state index in [-0.39, 0.29) is 11.2 Å². The summed E-state index contributed by atoms with van der Waals surface area (Å²) in [6.07, 6.45) is 1.87. The zero-order valence-corrected chi connectivity index (χ0v) is 14.3. The molecule has 2 rings (SSSR count). The lowest BCUT2D eigenvalue weighted by Gasteiger charge is -2.21. The highest BCUT2D eigenvalue weighted by Gasteiger charge is 2.22. The summed E-state index contributed by atoms with van der Waals surface area (Å²) in [6.45, 7) is 9.29. The third kappa shape index (κ3) is 3.89. The topological polar surface area (TPSA) is 55.1 Å². The van der Waals surface area contributed by atoms with Crippen molar-refractivity contribution < 1.29 is 9.90 Å². The van der Waals surface area contributed by atoms with Crippen molar-refractivity contribution in [2.45, 2.75) is 44.8 Å². The second-order valence-corrected chi connectivity index (χ2v) is 7.91. The van der Waals surface area contributed by atoms with E-state index in [1.54, 1.807) is 11.3 Å². The van der Waals surface area contributed by atoms with E-state index in [1.807, 2.05) is 6.20 Å². The summed E-state index contributed by atoms with van der Waals surface area (Å²) in [4.78, 5) is 16.5. The fraction of sp³-hybridized carbons (Fsp3) is 0.467. The number of carboxylic acid groups (broad SMARTS) is 1. The number of imidazole rings is 1. The molecule has 21 heavy (non-hydrogen) atoms. The van der Waals surface area contributed by atoms with Gasteiger partial charge in [-0.3, -0.25) is 4.79 Å². The van der Waals surface area contributed by atoms with Gasteiger partial charge in [-0.05, 0) is 23.9 Å². The first-order valence-electron chi connectivity index (χ1n) is 6.72. The lowest BCUT2D eigenvalue weighted by molar-refractivity contribution is -0.133. The summed E-state index contributed by atoms with van der Waals surface area (Å²) in [6, 6.07) is 2.11. The van der Waals surface area contributed by atoms with Gasteiger partial charge in [0.05, 0.1) is 12.3 Å². The van der Waals surface area contributed by atoms with Gasteiger partial charge in [0.1, 0.15) is 0 Å². The van der Waals surface area contributed by atoms with Crippen LogP contribution >= 0.6 is 23.1 Å². The number of nitrogens with zero attached hydrogens (tertiary/aromatic N) is 2. The van der Waals surface area contributed by atoms with E-state index in [9.17, 15) is 4.79 Å². The van der Waals surface area contributed by atoms with Gasteiger partial charge in [-0.2, -0.15) is 0 Å². The van der Waals surface area contributed by atoms with Gasteiger partial charge >= 0.3 is 5.97 Å². The number of rotatable bonds is 5. The van der Waals surface area contributed by atoms with Crippen LogP contribution in [0.2, 0.25) is 0 Å². The molecule has 0 spiro atoms. The number of thiophene rings is 1. The summed E-state index contributed by atoms with van der Waals surface area (Å²) in [5, 5.41) is 11.7. The Labute approximate surface area is 133 Å². The minimum atomic E-state index is -0.820. The molecule has 0 aromatic carbocycles. The van der Waals surface area contributed by atoms with E-state index >= 15 is 0 Å². The molecule has 1 N–H and O–H groups in total. The number of aryl methyl sites for hydroxylation is 1. The van der Waals surface area contributed by atoms with E-state index < -0.39 is 5.97 Å². The quantitative estimate of drug-likeness (QED) is 0.851. The predicted molar refractivity (Wildman–Crippen MR) is 87.4 cm³/mol. The highest BCUT2D eigenvalue weighted by Crippen LogP contribution is 2.29. The van der Waals surface area contributed by atoms with Gasteiger partial charge in [-0.25, -0.2) is 4.98 Å². The lowest BCUT2D eigenvalue weighted by Crippen LogP contribution is -2.18. The number of aromatic nitrogens is 2. The minimum Gasteiger partial charge on any atom is -0.481 e. The maximum absolute atomic E-state index is 10.8. The molecule has 0 unspecified atom stereocenters. The van der Waals surface area contributed by atoms with E-state index in [0.717, 1.165) is 17.4 Å². The van der Waals surface area contributed by atoms with Crippen LogP contribution in [0.25, 0.3) is 0 Å². The number of carboxylic acids is 1. The molecular weight excluding hydrogens is 304 g/mol. The number of aliphatic carboxylic acids is 1. The van der Waals surface area contributed by atoms with E-state index in [4.69, 9.17) is 5.11 Å². The third-order valence-electron chi connectivity index (χ3n) is 3.18. The molecule has 0 fully saturated rings. The fourth-order valence-electron chi connectivity index (χ4n) is 2.06. The van der Waals surface area contributed by atoms with Crippen LogP contribution in [0.15, 0.2) is 22.8 Å². The van der Waals surface area contributed by atoms with E-state index in [2.05, 4.69) is 48.7 Å². The molecule has 0 atom stereocenters. The summed E-state index contributed by atoms with van der Waals surface area (Å²) >= 11 is 3.00. The Bertz CT molecular complexity index is 638. The zero-order chi connectivity index (χ0) is 15.6. The van der Waals surface area contributed by atoms with E-state index in [1.165, 1.54) is 22.2 Å². The van der Waals surface area contributed by atoms with Gasteiger partial charge < -0.3 is 9.67 Å². The zero-order valence-electron chi connectivity index (χ0n) is 12.7. The molecule has 6 heteroatoms. The Kier molecular flexibility index (Phi) is 4.78. The Morgan fingerprint density at radius 2 is 2.19 bits per heavy atom. The Balaban J connectivity index is 2.36. The van der Waals surface area contributed by atoms with Crippen LogP contribution < -0.4 is 0 Å². The SMILES string of the molecule is Cc1ccsc1Cn1c(C(C)(C)C)cnc1SCC(=O)O. The molecule has 0 saturated carbocycles. The first-order valence-corrected chi connectivity index (χ1v) is 8.59. The van der Waals surface area contributed by atoms with Crippen molar-refractivity contribution in [1.29, 1.82) is 0 Å². The van der Waals surface area contributed by atoms with Crippen molar-refractivity contribution >= 4 is 29.1 Å². The molecule has 0 saturated heterocycles. The maximum atomic E-state index is 10.8. The summed E-state index contributed by atoms with van der Waals surface area (Å²) in [5.41, 5.74) is 2.37. The van der Waals surface area contributed by atoms with Crippen molar-refractivity contribution in [3.63, 3.8) is 0 Å².